The Morgan fingerprint density at radius 1 is 1.45 bits per heavy atom. The van der Waals surface area contributed by atoms with Gasteiger partial charge in [0.2, 0.25) is 0 Å². The van der Waals surface area contributed by atoms with Crippen LogP contribution in [0.3, 0.4) is 0 Å². The molecule has 1 spiro atoms. The van der Waals surface area contributed by atoms with E-state index in [2.05, 4.69) is 10.6 Å². The zero-order valence-corrected chi connectivity index (χ0v) is 6.81. The minimum Gasteiger partial charge on any atom is -0.371 e. The molecule has 0 aromatic rings. The highest BCUT2D eigenvalue weighted by Crippen LogP contribution is 2.22. The van der Waals surface area contributed by atoms with E-state index >= 15 is 0 Å². The molecule has 0 aromatic heterocycles. The van der Waals surface area contributed by atoms with E-state index in [1.165, 1.54) is 12.8 Å². The topological polar surface area (TPSA) is 35.4 Å². The van der Waals surface area contributed by atoms with E-state index in [-0.39, 0.29) is 5.60 Å². The van der Waals surface area contributed by atoms with E-state index in [4.69, 9.17) is 4.74 Å². The van der Waals surface area contributed by atoms with E-state index in [9.17, 15) is 0 Å². The summed E-state index contributed by atoms with van der Waals surface area (Å²) in [6.45, 7) is 4.79. The van der Waals surface area contributed by atoms with Gasteiger partial charge in [-0.1, -0.05) is 0 Å². The van der Waals surface area contributed by atoms with Crippen LogP contribution in [-0.2, 0) is 4.74 Å². The van der Waals surface area contributed by atoms with Crippen molar-refractivity contribution in [3.05, 3.63) is 0 Å². The highest BCUT2D eigenvalue weighted by molar-refractivity contribution is 4.91. The van der Waals surface area contributed by atoms with Gasteiger partial charge in [0.15, 0.2) is 0 Å². The Morgan fingerprint density at radius 2 is 2.45 bits per heavy atom. The van der Waals surface area contributed by atoms with Crippen molar-refractivity contribution in [2.75, 3.05) is 32.8 Å². The van der Waals surface area contributed by atoms with Gasteiger partial charge in [0.25, 0.3) is 0 Å². The summed E-state index contributed by atoms with van der Waals surface area (Å²) in [7, 11) is 0. The highest BCUT2D eigenvalue weighted by atomic mass is 16.5. The lowest BCUT2D eigenvalue weighted by molar-refractivity contribution is -0.0790. The molecule has 2 aliphatic rings. The maximum atomic E-state index is 5.75. The molecule has 3 nitrogen and oxygen atoms in total. The first kappa shape index (κ1) is 7.53. The molecule has 2 saturated heterocycles. The van der Waals surface area contributed by atoms with Crippen molar-refractivity contribution >= 4 is 0 Å². The first-order valence-corrected chi connectivity index (χ1v) is 4.39. The Balaban J connectivity index is 1.94. The van der Waals surface area contributed by atoms with E-state index in [0.29, 0.717) is 0 Å². The van der Waals surface area contributed by atoms with Gasteiger partial charge in [-0.05, 0) is 12.8 Å². The fourth-order valence-corrected chi connectivity index (χ4v) is 1.84. The standard InChI is InChI=1S/C8H15N2O/c1-2-8(6-9-3-1)7-10-4-5-11-8/h10H,1-7H2. The summed E-state index contributed by atoms with van der Waals surface area (Å²) in [5.74, 6) is 0. The number of ether oxygens (including phenoxy) is 1. The van der Waals surface area contributed by atoms with Crippen molar-refractivity contribution in [3.8, 4) is 0 Å². The second-order valence-electron chi connectivity index (χ2n) is 3.42. The van der Waals surface area contributed by atoms with Gasteiger partial charge in [0.05, 0.1) is 12.2 Å². The van der Waals surface area contributed by atoms with E-state index in [1.807, 2.05) is 0 Å². The number of hydrogen-bond acceptors (Lipinski definition) is 2. The van der Waals surface area contributed by atoms with Crippen LogP contribution in [0.4, 0.5) is 0 Å². The molecule has 1 N–H and O–H groups in total. The third-order valence-corrected chi connectivity index (χ3v) is 2.48. The Labute approximate surface area is 67.5 Å². The molecule has 1 radical (unpaired) electrons. The second kappa shape index (κ2) is 3.09. The number of hydrogen-bond donors (Lipinski definition) is 1. The van der Waals surface area contributed by atoms with Crippen LogP contribution in [0.15, 0.2) is 0 Å². The number of rotatable bonds is 0. The molecular weight excluding hydrogens is 140 g/mol. The summed E-state index contributed by atoms with van der Waals surface area (Å²) >= 11 is 0. The summed E-state index contributed by atoms with van der Waals surface area (Å²) in [5.41, 5.74) is 0.0799. The normalized spacial score (nSPS) is 39.3. The molecule has 2 rings (SSSR count). The lowest BCUT2D eigenvalue weighted by atomic mass is 9.93. The monoisotopic (exact) mass is 155 g/mol. The molecule has 2 aliphatic heterocycles. The number of morpholine rings is 1. The molecule has 1 unspecified atom stereocenters. The summed E-state index contributed by atoms with van der Waals surface area (Å²) < 4.78 is 5.75. The van der Waals surface area contributed by atoms with Gasteiger partial charge >= 0.3 is 0 Å². The fourth-order valence-electron chi connectivity index (χ4n) is 1.84. The van der Waals surface area contributed by atoms with Gasteiger partial charge in [0, 0.05) is 26.2 Å². The second-order valence-corrected chi connectivity index (χ2v) is 3.42. The molecule has 3 heteroatoms. The van der Waals surface area contributed by atoms with Crippen molar-refractivity contribution in [3.63, 3.8) is 0 Å². The average molecular weight is 155 g/mol. The summed E-state index contributed by atoms with van der Waals surface area (Å²) in [5, 5.41) is 7.75. The molecule has 2 fully saturated rings. The lowest BCUT2D eigenvalue weighted by Gasteiger charge is -2.40. The minimum atomic E-state index is 0.0799. The first-order valence-electron chi connectivity index (χ1n) is 4.39. The smallest absolute Gasteiger partial charge is 0.0947 e. The maximum absolute atomic E-state index is 5.75. The zero-order valence-electron chi connectivity index (χ0n) is 6.81. The van der Waals surface area contributed by atoms with Crippen LogP contribution in [0.2, 0.25) is 0 Å². The largest absolute Gasteiger partial charge is 0.371 e. The van der Waals surface area contributed by atoms with E-state index in [1.54, 1.807) is 0 Å². The van der Waals surface area contributed by atoms with Gasteiger partial charge in [0.1, 0.15) is 0 Å². The molecule has 63 valence electrons. The molecule has 2 heterocycles. The van der Waals surface area contributed by atoms with Crippen LogP contribution >= 0.6 is 0 Å². The maximum Gasteiger partial charge on any atom is 0.0947 e. The van der Waals surface area contributed by atoms with Crippen molar-refractivity contribution in [2.24, 2.45) is 0 Å². The van der Waals surface area contributed by atoms with Crippen molar-refractivity contribution in [2.45, 2.75) is 18.4 Å². The van der Waals surface area contributed by atoms with Crippen molar-refractivity contribution in [1.82, 2.24) is 10.6 Å². The van der Waals surface area contributed by atoms with Crippen LogP contribution in [0.25, 0.3) is 0 Å². The summed E-state index contributed by atoms with van der Waals surface area (Å²) in [6.07, 6.45) is 2.38. The summed E-state index contributed by atoms with van der Waals surface area (Å²) in [4.78, 5) is 0. The number of piperidine rings is 1. The van der Waals surface area contributed by atoms with Crippen LogP contribution < -0.4 is 10.6 Å². The molecule has 0 amide bonds. The van der Waals surface area contributed by atoms with Gasteiger partial charge in [-0.15, -0.1) is 0 Å². The SMILES string of the molecule is C1C[N]CC2(C1)CNCCO2. The molecule has 0 aromatic carbocycles. The molecular formula is C8H15N2O. The summed E-state index contributed by atoms with van der Waals surface area (Å²) in [6, 6.07) is 0. The molecule has 11 heavy (non-hydrogen) atoms. The quantitative estimate of drug-likeness (QED) is 0.523. The van der Waals surface area contributed by atoms with Crippen LogP contribution in [0, 0.1) is 0 Å². The third-order valence-electron chi connectivity index (χ3n) is 2.48. The molecule has 0 bridgehead atoms. The lowest BCUT2D eigenvalue weighted by Crippen LogP contribution is -2.56. The predicted molar refractivity (Wildman–Crippen MR) is 42.7 cm³/mol. The molecule has 0 saturated carbocycles. The molecule has 0 aliphatic carbocycles. The Kier molecular flexibility index (Phi) is 2.11. The number of nitrogens with one attached hydrogen (secondary N) is 1. The Morgan fingerprint density at radius 3 is 3.09 bits per heavy atom. The Bertz CT molecular complexity index is 107. The van der Waals surface area contributed by atoms with Crippen LogP contribution in [0.1, 0.15) is 12.8 Å². The minimum absolute atomic E-state index is 0.0799. The van der Waals surface area contributed by atoms with E-state index < -0.39 is 0 Å². The van der Waals surface area contributed by atoms with Crippen LogP contribution in [0.5, 0.6) is 0 Å². The van der Waals surface area contributed by atoms with Crippen molar-refractivity contribution < 1.29 is 4.74 Å². The average Bonchev–Trinajstić information content (AvgIpc) is 2.07. The van der Waals surface area contributed by atoms with Gasteiger partial charge in [-0.25, -0.2) is 5.32 Å². The Hall–Kier alpha value is -0.120. The molecule has 1 atom stereocenters. The first-order chi connectivity index (χ1) is 5.41. The zero-order chi connectivity index (χ0) is 7.57. The third kappa shape index (κ3) is 1.55. The highest BCUT2D eigenvalue weighted by Gasteiger charge is 2.34. The van der Waals surface area contributed by atoms with E-state index in [0.717, 1.165) is 32.8 Å². The van der Waals surface area contributed by atoms with Crippen molar-refractivity contribution in [1.29, 1.82) is 0 Å². The number of nitrogens with zero attached hydrogens (tertiary/aromatic N) is 1. The fraction of sp³-hybridized carbons (Fsp3) is 1.00. The predicted octanol–water partition coefficient (Wildman–Crippen LogP) is -0.257. The van der Waals surface area contributed by atoms with Gasteiger partial charge in [-0.2, -0.15) is 0 Å². The van der Waals surface area contributed by atoms with Crippen LogP contribution in [-0.4, -0.2) is 38.4 Å². The van der Waals surface area contributed by atoms with Gasteiger partial charge < -0.3 is 10.1 Å². The van der Waals surface area contributed by atoms with Gasteiger partial charge in [-0.3, -0.25) is 0 Å².